The van der Waals surface area contributed by atoms with Crippen molar-refractivity contribution in [2.75, 3.05) is 14.2 Å². The number of aromatic nitrogens is 3. The maximum atomic E-state index is 14.1. The Bertz CT molecular complexity index is 1310. The predicted octanol–water partition coefficient (Wildman–Crippen LogP) is 5.09. The topological polar surface area (TPSA) is 104 Å². The van der Waals surface area contributed by atoms with Gasteiger partial charge in [0.25, 0.3) is 0 Å². The van der Waals surface area contributed by atoms with E-state index in [9.17, 15) is 9.59 Å². The Morgan fingerprint density at radius 2 is 1.89 bits per heavy atom. The molecule has 1 saturated heterocycles. The van der Waals surface area contributed by atoms with Crippen molar-refractivity contribution >= 4 is 36.2 Å². The Morgan fingerprint density at radius 3 is 2.45 bits per heavy atom. The number of hydrogen-bond acceptors (Lipinski definition) is 8. The SMILES string of the molecule is COC(OC)c1ncn2c(-c3cccnc3)c(C(=O)[C@H](C)[C@H]3NC(=O)[C@@H]3[C@@H](C)O[Si](C)(C)C(C)(C)C)sc12. The van der Waals surface area contributed by atoms with Crippen LogP contribution in [0.15, 0.2) is 30.9 Å². The maximum Gasteiger partial charge on any atom is 0.228 e. The number of ketones is 1. The zero-order valence-electron chi connectivity index (χ0n) is 23.6. The van der Waals surface area contributed by atoms with Crippen LogP contribution in [-0.4, -0.2) is 60.7 Å². The molecule has 4 rings (SSSR count). The lowest BCUT2D eigenvalue weighted by Crippen LogP contribution is -2.66. The minimum Gasteiger partial charge on any atom is -0.413 e. The number of methoxy groups -OCH3 is 2. The highest BCUT2D eigenvalue weighted by Crippen LogP contribution is 2.41. The summed E-state index contributed by atoms with van der Waals surface area (Å²) in [6.45, 7) is 14.7. The Morgan fingerprint density at radius 1 is 1.21 bits per heavy atom. The number of β-lactam (4-membered cyclic amide) rings is 1. The molecule has 3 aromatic rings. The fourth-order valence-electron chi connectivity index (χ4n) is 4.73. The largest absolute Gasteiger partial charge is 0.413 e. The van der Waals surface area contributed by atoms with E-state index >= 15 is 0 Å². The van der Waals surface area contributed by atoms with Gasteiger partial charge in [0.05, 0.1) is 28.6 Å². The van der Waals surface area contributed by atoms with Gasteiger partial charge < -0.3 is 19.2 Å². The summed E-state index contributed by atoms with van der Waals surface area (Å²) in [7, 11) is 1.01. The van der Waals surface area contributed by atoms with Crippen LogP contribution in [0.1, 0.15) is 56.3 Å². The number of ether oxygens (including phenoxy) is 2. The number of amides is 1. The van der Waals surface area contributed by atoms with E-state index in [2.05, 4.69) is 49.1 Å². The van der Waals surface area contributed by atoms with E-state index in [-0.39, 0.29) is 34.8 Å². The smallest absolute Gasteiger partial charge is 0.228 e. The average Bonchev–Trinajstić information content (AvgIpc) is 3.41. The Labute approximate surface area is 229 Å². The van der Waals surface area contributed by atoms with Gasteiger partial charge in [-0.1, -0.05) is 27.7 Å². The van der Waals surface area contributed by atoms with Gasteiger partial charge >= 0.3 is 0 Å². The van der Waals surface area contributed by atoms with Crippen molar-refractivity contribution in [1.82, 2.24) is 19.7 Å². The van der Waals surface area contributed by atoms with Crippen molar-refractivity contribution < 1.29 is 23.5 Å². The van der Waals surface area contributed by atoms with E-state index in [4.69, 9.17) is 13.9 Å². The summed E-state index contributed by atoms with van der Waals surface area (Å²) in [6, 6.07) is 3.44. The summed E-state index contributed by atoms with van der Waals surface area (Å²) in [6.07, 6.45) is 4.15. The van der Waals surface area contributed by atoms with E-state index in [1.165, 1.54) is 11.3 Å². The van der Waals surface area contributed by atoms with E-state index < -0.39 is 20.5 Å². The first-order valence-corrected chi connectivity index (χ1v) is 16.5. The third kappa shape index (κ3) is 4.97. The van der Waals surface area contributed by atoms with E-state index in [0.717, 1.165) is 10.4 Å². The normalized spacial score (nSPS) is 19.9. The Hall–Kier alpha value is -2.44. The van der Waals surface area contributed by atoms with Gasteiger partial charge in [-0.05, 0) is 37.2 Å². The number of pyridine rings is 1. The lowest BCUT2D eigenvalue weighted by atomic mass is 9.77. The number of rotatable bonds is 10. The number of thiazole rings is 1. The number of fused-ring (bicyclic) bond motifs is 1. The van der Waals surface area contributed by atoms with Crippen LogP contribution in [0.25, 0.3) is 16.1 Å². The lowest BCUT2D eigenvalue weighted by Gasteiger charge is -2.46. The summed E-state index contributed by atoms with van der Waals surface area (Å²) in [5.41, 5.74) is 2.11. The summed E-state index contributed by atoms with van der Waals surface area (Å²) in [5, 5.41) is 3.01. The van der Waals surface area contributed by atoms with Gasteiger partial charge in [-0.3, -0.25) is 19.0 Å². The van der Waals surface area contributed by atoms with Crippen molar-refractivity contribution in [2.24, 2.45) is 11.8 Å². The molecule has 11 heteroatoms. The van der Waals surface area contributed by atoms with Crippen LogP contribution in [0, 0.1) is 11.8 Å². The third-order valence-electron chi connectivity index (χ3n) is 7.96. The molecular formula is C27H38N4O5SSi. The van der Waals surface area contributed by atoms with Gasteiger partial charge in [0.15, 0.2) is 14.1 Å². The van der Waals surface area contributed by atoms with Crippen LogP contribution in [0.2, 0.25) is 18.1 Å². The summed E-state index contributed by atoms with van der Waals surface area (Å²) >= 11 is 1.35. The lowest BCUT2D eigenvalue weighted by molar-refractivity contribution is -0.141. The monoisotopic (exact) mass is 558 g/mol. The first-order valence-electron chi connectivity index (χ1n) is 12.8. The van der Waals surface area contributed by atoms with Crippen LogP contribution in [-0.2, 0) is 18.7 Å². The standard InChI is InChI=1S/C27H38N4O5SSi/c1-15(19-18(24(33)30-19)16(2)36-38(8,9)27(3,4)5)22(32)23-21(17-11-10-12-28-13-17)31-14-29-20(25(31)37-23)26(34-6)35-7/h10-16,18-19,26H,1-9H3,(H,30,33)/t15-,16-,18-,19-/m1/s1. The Balaban J connectivity index is 1.69. The molecule has 0 spiro atoms. The second-order valence-corrected chi connectivity index (χ2v) is 17.2. The number of carbonyl (C=O) groups is 2. The van der Waals surface area contributed by atoms with E-state index in [1.54, 1.807) is 32.9 Å². The van der Waals surface area contributed by atoms with Crippen LogP contribution in [0.4, 0.5) is 0 Å². The number of imidazole rings is 1. The fourth-order valence-corrected chi connectivity index (χ4v) is 7.44. The molecule has 4 atom stereocenters. The van der Waals surface area contributed by atoms with Crippen LogP contribution < -0.4 is 5.32 Å². The Kier molecular flexibility index (Phi) is 7.98. The van der Waals surface area contributed by atoms with Crippen molar-refractivity contribution in [3.8, 4) is 11.3 Å². The molecule has 0 bridgehead atoms. The minimum absolute atomic E-state index is 0.0177. The molecular weight excluding hydrogens is 520 g/mol. The van der Waals surface area contributed by atoms with E-state index in [1.807, 2.05) is 30.4 Å². The molecule has 3 aromatic heterocycles. The van der Waals surface area contributed by atoms with Gasteiger partial charge in [-0.15, -0.1) is 11.3 Å². The molecule has 0 aliphatic carbocycles. The maximum absolute atomic E-state index is 14.1. The summed E-state index contributed by atoms with van der Waals surface area (Å²) in [5.74, 6) is -0.968. The number of hydrogen-bond donors (Lipinski definition) is 1. The molecule has 1 fully saturated rings. The van der Waals surface area contributed by atoms with Gasteiger partial charge in [-0.2, -0.15) is 0 Å². The van der Waals surface area contributed by atoms with Gasteiger partial charge in [0.1, 0.15) is 16.9 Å². The second-order valence-electron chi connectivity index (χ2n) is 11.4. The molecule has 0 radical (unpaired) electrons. The molecule has 206 valence electrons. The van der Waals surface area contributed by atoms with Crippen LogP contribution in [0.5, 0.6) is 0 Å². The van der Waals surface area contributed by atoms with Crippen molar-refractivity contribution in [1.29, 1.82) is 0 Å². The molecule has 4 heterocycles. The quantitative estimate of drug-likeness (QED) is 0.160. The number of Topliss-reactive ketones (excluding diaryl/α,β-unsaturated/α-hetero) is 1. The molecule has 1 N–H and O–H groups in total. The van der Waals surface area contributed by atoms with Gasteiger partial charge in [0, 0.05) is 38.1 Å². The molecule has 1 aliphatic heterocycles. The average molecular weight is 559 g/mol. The zero-order valence-corrected chi connectivity index (χ0v) is 25.4. The number of nitrogens with zero attached hydrogens (tertiary/aromatic N) is 3. The highest BCUT2D eigenvalue weighted by molar-refractivity contribution is 7.20. The molecule has 0 unspecified atom stereocenters. The first-order chi connectivity index (χ1) is 17.8. The van der Waals surface area contributed by atoms with Crippen LogP contribution in [0.3, 0.4) is 0 Å². The first kappa shape index (κ1) is 28.6. The number of carbonyl (C=O) groups excluding carboxylic acids is 2. The fraction of sp³-hybridized carbons (Fsp3) is 0.556. The van der Waals surface area contributed by atoms with Crippen molar-refractivity contribution in [3.05, 3.63) is 41.4 Å². The van der Waals surface area contributed by atoms with Gasteiger partial charge in [-0.25, -0.2) is 4.98 Å². The predicted molar refractivity (Wildman–Crippen MR) is 150 cm³/mol. The summed E-state index contributed by atoms with van der Waals surface area (Å²) in [4.78, 5) is 36.9. The molecule has 0 aromatic carbocycles. The molecule has 1 aliphatic rings. The third-order valence-corrected chi connectivity index (χ3v) is 13.7. The summed E-state index contributed by atoms with van der Waals surface area (Å²) < 4.78 is 19.3. The second kappa shape index (κ2) is 10.6. The molecule has 0 saturated carbocycles. The number of nitrogens with one attached hydrogen (secondary N) is 1. The van der Waals surface area contributed by atoms with Gasteiger partial charge in [0.2, 0.25) is 12.2 Å². The minimum atomic E-state index is -2.09. The molecule has 1 amide bonds. The highest BCUT2D eigenvalue weighted by Gasteiger charge is 2.50. The zero-order chi connectivity index (χ0) is 28.0. The molecule has 9 nitrogen and oxygen atoms in total. The highest BCUT2D eigenvalue weighted by atomic mass is 32.1. The molecule has 38 heavy (non-hydrogen) atoms. The van der Waals surface area contributed by atoms with Crippen molar-refractivity contribution in [2.45, 2.75) is 71.2 Å². The van der Waals surface area contributed by atoms with Crippen LogP contribution >= 0.6 is 11.3 Å². The van der Waals surface area contributed by atoms with Crippen molar-refractivity contribution in [3.63, 3.8) is 0 Å². The van der Waals surface area contributed by atoms with E-state index in [0.29, 0.717) is 16.3 Å².